The van der Waals surface area contributed by atoms with E-state index in [1.54, 1.807) is 48.5 Å². The zero-order chi connectivity index (χ0) is 22.3. The summed E-state index contributed by atoms with van der Waals surface area (Å²) in [4.78, 5) is 0.712. The molecule has 0 atom stereocenters. The number of benzene rings is 2. The second-order valence-electron chi connectivity index (χ2n) is 8.79. The Labute approximate surface area is 174 Å². The largest absolute Gasteiger partial charge is 0.527 e. The summed E-state index contributed by atoms with van der Waals surface area (Å²) >= 11 is -1.75. The summed E-state index contributed by atoms with van der Waals surface area (Å²) in [5.41, 5.74) is -3.83. The van der Waals surface area contributed by atoms with E-state index in [-0.39, 0.29) is 10.8 Å². The molecule has 0 heterocycles. The standard InChI is InChI=1S/C21H26F3O3S2/c1-19(2,3)15-7-11-17(12-8-15)28(27-29(25,26)21(22,23)24)18-13-9-16(10-14-18)20(4,5)6/h7-14H,1-6H3/q+1. The third-order valence-corrected chi connectivity index (χ3v) is 7.54. The lowest BCUT2D eigenvalue weighted by atomic mass is 9.87. The third kappa shape index (κ3) is 5.77. The van der Waals surface area contributed by atoms with Crippen molar-refractivity contribution < 1.29 is 25.2 Å². The molecule has 0 spiro atoms. The highest BCUT2D eigenvalue weighted by Crippen LogP contribution is 2.35. The summed E-state index contributed by atoms with van der Waals surface area (Å²) < 4.78 is 67.0. The molecule has 0 N–H and O–H groups in total. The van der Waals surface area contributed by atoms with Gasteiger partial charge in [-0.3, -0.25) is 0 Å². The molecule has 0 aliphatic heterocycles. The Morgan fingerprint density at radius 1 is 0.690 bits per heavy atom. The van der Waals surface area contributed by atoms with Crippen LogP contribution in [0, 0.1) is 0 Å². The minimum absolute atomic E-state index is 0.148. The van der Waals surface area contributed by atoms with Gasteiger partial charge < -0.3 is 0 Å². The average molecular weight is 448 g/mol. The minimum atomic E-state index is -5.76. The van der Waals surface area contributed by atoms with Crippen LogP contribution in [0.25, 0.3) is 0 Å². The molecule has 0 saturated carbocycles. The van der Waals surface area contributed by atoms with Gasteiger partial charge in [0.05, 0.1) is 0 Å². The zero-order valence-electron chi connectivity index (χ0n) is 17.3. The number of rotatable bonds is 4. The molecule has 2 rings (SSSR count). The van der Waals surface area contributed by atoms with Crippen molar-refractivity contribution in [1.29, 1.82) is 0 Å². The maximum absolute atomic E-state index is 13.0. The maximum Gasteiger partial charge on any atom is 0.527 e. The Morgan fingerprint density at radius 3 is 1.24 bits per heavy atom. The van der Waals surface area contributed by atoms with Crippen LogP contribution in [0.1, 0.15) is 52.7 Å². The van der Waals surface area contributed by atoms with E-state index < -0.39 is 26.8 Å². The fraction of sp³-hybridized carbons (Fsp3) is 0.429. The van der Waals surface area contributed by atoms with Crippen LogP contribution in [0.5, 0.6) is 0 Å². The number of alkyl halides is 3. The van der Waals surface area contributed by atoms with Gasteiger partial charge in [0, 0.05) is 0 Å². The zero-order valence-corrected chi connectivity index (χ0v) is 18.9. The fourth-order valence-corrected chi connectivity index (χ4v) is 5.19. The predicted molar refractivity (Wildman–Crippen MR) is 110 cm³/mol. The first-order valence-electron chi connectivity index (χ1n) is 8.99. The van der Waals surface area contributed by atoms with Gasteiger partial charge in [-0.25, -0.2) is 0 Å². The van der Waals surface area contributed by atoms with E-state index in [0.29, 0.717) is 9.79 Å². The van der Waals surface area contributed by atoms with Crippen molar-refractivity contribution in [3.8, 4) is 0 Å². The highest BCUT2D eigenvalue weighted by molar-refractivity contribution is 8.03. The van der Waals surface area contributed by atoms with Gasteiger partial charge in [-0.15, -0.1) is 0 Å². The molecule has 0 radical (unpaired) electrons. The van der Waals surface area contributed by atoms with Crippen molar-refractivity contribution in [1.82, 2.24) is 0 Å². The molecule has 0 bridgehead atoms. The molecule has 0 saturated heterocycles. The van der Waals surface area contributed by atoms with Crippen LogP contribution >= 0.6 is 0 Å². The Hall–Kier alpha value is -1.51. The van der Waals surface area contributed by atoms with E-state index in [1.165, 1.54) is 0 Å². The molecule has 0 aliphatic rings. The quantitative estimate of drug-likeness (QED) is 0.420. The van der Waals surface area contributed by atoms with Crippen molar-refractivity contribution in [3.63, 3.8) is 0 Å². The van der Waals surface area contributed by atoms with Gasteiger partial charge >= 0.3 is 15.6 Å². The van der Waals surface area contributed by atoms with Gasteiger partial charge in [-0.2, -0.15) is 21.6 Å². The summed E-state index contributed by atoms with van der Waals surface area (Å²) in [5.74, 6) is 0. The lowest BCUT2D eigenvalue weighted by Crippen LogP contribution is -2.28. The molecule has 160 valence electrons. The van der Waals surface area contributed by atoms with Crippen LogP contribution in [0.4, 0.5) is 13.2 Å². The Morgan fingerprint density at radius 2 is 1.00 bits per heavy atom. The van der Waals surface area contributed by atoms with E-state index in [1.807, 2.05) is 41.5 Å². The summed E-state index contributed by atoms with van der Waals surface area (Å²) in [7, 11) is -5.76. The summed E-state index contributed by atoms with van der Waals surface area (Å²) in [6.45, 7) is 12.1. The highest BCUT2D eigenvalue weighted by Gasteiger charge is 2.53. The van der Waals surface area contributed by atoms with Gasteiger partial charge in [0.25, 0.3) is 0 Å². The van der Waals surface area contributed by atoms with Crippen LogP contribution < -0.4 is 0 Å². The Balaban J connectivity index is 2.52. The lowest BCUT2D eigenvalue weighted by Gasteiger charge is -2.19. The molecule has 0 aromatic heterocycles. The third-order valence-electron chi connectivity index (χ3n) is 4.31. The first kappa shape index (κ1) is 23.8. The van der Waals surface area contributed by atoms with Crippen molar-refractivity contribution in [2.24, 2.45) is 0 Å². The highest BCUT2D eigenvalue weighted by atomic mass is 32.3. The predicted octanol–water partition coefficient (Wildman–Crippen LogP) is 6.10. The monoisotopic (exact) mass is 447 g/mol. The van der Waals surface area contributed by atoms with Gasteiger partial charge in [-0.05, 0) is 49.9 Å². The molecule has 29 heavy (non-hydrogen) atoms. The van der Waals surface area contributed by atoms with E-state index in [0.717, 1.165) is 11.1 Å². The van der Waals surface area contributed by atoms with E-state index in [2.05, 4.69) is 0 Å². The summed E-state index contributed by atoms with van der Waals surface area (Å²) in [5, 5.41) is 0. The topological polar surface area (TPSA) is 43.4 Å². The molecular formula is C21H26F3O3S2+. The second-order valence-corrected chi connectivity index (χ2v) is 12.2. The lowest BCUT2D eigenvalue weighted by molar-refractivity contribution is -0.0495. The first-order chi connectivity index (χ1) is 13.0. The second kappa shape index (κ2) is 7.96. The smallest absolute Gasteiger partial charge is 0.185 e. The Bertz CT molecular complexity index is 878. The molecule has 0 unspecified atom stereocenters. The molecule has 8 heteroatoms. The van der Waals surface area contributed by atoms with Crippen LogP contribution in [0.3, 0.4) is 0 Å². The molecule has 0 fully saturated rings. The summed E-state index contributed by atoms with van der Waals surface area (Å²) in [6.07, 6.45) is 0. The van der Waals surface area contributed by atoms with Crippen LogP contribution in [0.15, 0.2) is 58.3 Å². The van der Waals surface area contributed by atoms with Gasteiger partial charge in [0.2, 0.25) is 11.2 Å². The fourth-order valence-electron chi connectivity index (χ4n) is 2.50. The van der Waals surface area contributed by atoms with Gasteiger partial charge in [0.1, 0.15) is 0 Å². The van der Waals surface area contributed by atoms with Gasteiger partial charge in [-0.1, -0.05) is 65.8 Å². The molecule has 3 nitrogen and oxygen atoms in total. The molecule has 2 aromatic carbocycles. The van der Waals surface area contributed by atoms with E-state index >= 15 is 0 Å². The molecule has 0 aliphatic carbocycles. The molecule has 0 amide bonds. The molecule has 2 aromatic rings. The Kier molecular flexibility index (Phi) is 6.53. The van der Waals surface area contributed by atoms with Crippen molar-refractivity contribution >= 4 is 21.3 Å². The number of hydrogen-bond acceptors (Lipinski definition) is 3. The molecular weight excluding hydrogens is 421 g/mol. The van der Waals surface area contributed by atoms with Crippen LogP contribution in [0.2, 0.25) is 0 Å². The maximum atomic E-state index is 13.0. The number of hydrogen-bond donors (Lipinski definition) is 0. The normalized spacial score (nSPS) is 13.7. The number of halogens is 3. The summed E-state index contributed by atoms with van der Waals surface area (Å²) in [6, 6.07) is 13.6. The van der Waals surface area contributed by atoms with Crippen molar-refractivity contribution in [3.05, 3.63) is 59.7 Å². The van der Waals surface area contributed by atoms with Gasteiger partial charge in [0.15, 0.2) is 9.79 Å². The van der Waals surface area contributed by atoms with Crippen LogP contribution in [-0.2, 0) is 35.8 Å². The van der Waals surface area contributed by atoms with Crippen molar-refractivity contribution in [2.45, 2.75) is 67.7 Å². The first-order valence-corrected chi connectivity index (χ1v) is 11.5. The SMILES string of the molecule is CC(C)(C)c1ccc([S+](OS(=O)(=O)C(F)(F)F)c2ccc(C(C)(C)C)cc2)cc1. The van der Waals surface area contributed by atoms with E-state index in [4.69, 9.17) is 3.63 Å². The van der Waals surface area contributed by atoms with Crippen LogP contribution in [-0.4, -0.2) is 13.9 Å². The van der Waals surface area contributed by atoms with Crippen molar-refractivity contribution in [2.75, 3.05) is 0 Å². The average Bonchev–Trinajstić information content (AvgIpc) is 2.57. The minimum Gasteiger partial charge on any atom is -0.185 e. The van der Waals surface area contributed by atoms with E-state index in [9.17, 15) is 21.6 Å².